The number of carbonyl (C=O) groups is 4. The highest BCUT2D eigenvalue weighted by molar-refractivity contribution is 6.05. The van der Waals surface area contributed by atoms with Gasteiger partial charge >= 0.3 is 0 Å². The van der Waals surface area contributed by atoms with E-state index in [2.05, 4.69) is 28.7 Å². The second-order valence-corrected chi connectivity index (χ2v) is 12.0. The average molecular weight is 591 g/mol. The zero-order valence-corrected chi connectivity index (χ0v) is 24.4. The number of aryl methyl sites for hydroxylation is 1. The quantitative estimate of drug-likeness (QED) is 0.325. The Labute approximate surface area is 255 Å². The molecule has 3 aliphatic heterocycles. The van der Waals surface area contributed by atoms with Crippen LogP contribution >= 0.6 is 0 Å². The van der Waals surface area contributed by atoms with E-state index in [4.69, 9.17) is 4.98 Å². The first-order chi connectivity index (χ1) is 21.4. The van der Waals surface area contributed by atoms with E-state index in [-0.39, 0.29) is 30.2 Å². The van der Waals surface area contributed by atoms with Gasteiger partial charge in [0.05, 0.1) is 23.4 Å². The van der Waals surface area contributed by atoms with Gasteiger partial charge in [-0.15, -0.1) is 0 Å². The number of nitrogens with zero attached hydrogens (tertiary/aromatic N) is 5. The van der Waals surface area contributed by atoms with Crippen LogP contribution in [0.2, 0.25) is 0 Å². The molecular formula is C34H34N6O4. The van der Waals surface area contributed by atoms with Gasteiger partial charge in [-0.25, -0.2) is 4.98 Å². The number of aromatic nitrogens is 3. The number of fused-ring (bicyclic) bond motifs is 2. The van der Waals surface area contributed by atoms with Crippen molar-refractivity contribution in [3.63, 3.8) is 0 Å². The molecule has 4 aromatic rings. The van der Waals surface area contributed by atoms with Crippen molar-refractivity contribution in [3.05, 3.63) is 83.7 Å². The second-order valence-electron chi connectivity index (χ2n) is 12.0. The van der Waals surface area contributed by atoms with Crippen LogP contribution in [0.15, 0.2) is 67.0 Å². The predicted octanol–water partition coefficient (Wildman–Crippen LogP) is 4.05. The molecule has 1 atom stereocenters. The zero-order chi connectivity index (χ0) is 30.2. The fourth-order valence-corrected chi connectivity index (χ4v) is 6.64. The van der Waals surface area contributed by atoms with Gasteiger partial charge in [-0.1, -0.05) is 36.4 Å². The molecule has 2 saturated heterocycles. The molecule has 2 aromatic carbocycles. The molecule has 4 amide bonds. The number of nitrogens with one attached hydrogen (secondary N) is 1. The van der Waals surface area contributed by atoms with Crippen molar-refractivity contribution >= 4 is 34.5 Å². The van der Waals surface area contributed by atoms with Crippen LogP contribution in [-0.2, 0) is 27.3 Å². The number of carbonyl (C=O) groups excluding carboxylic acids is 4. The fraction of sp³-hybridized carbons (Fsp3) is 0.353. The Kier molecular flexibility index (Phi) is 7.41. The minimum atomic E-state index is -0.616. The summed E-state index contributed by atoms with van der Waals surface area (Å²) < 4.78 is 2.02. The largest absolute Gasteiger partial charge is 0.343 e. The van der Waals surface area contributed by atoms with Crippen molar-refractivity contribution in [2.75, 3.05) is 13.1 Å². The Morgan fingerprint density at radius 1 is 0.977 bits per heavy atom. The first-order valence-corrected chi connectivity index (χ1v) is 15.4. The molecule has 0 aliphatic carbocycles. The van der Waals surface area contributed by atoms with Crippen molar-refractivity contribution in [2.45, 2.75) is 63.6 Å². The van der Waals surface area contributed by atoms with Crippen LogP contribution in [0.25, 0.3) is 22.2 Å². The highest BCUT2D eigenvalue weighted by atomic mass is 16.2. The highest BCUT2D eigenvalue weighted by Gasteiger charge is 2.39. The lowest BCUT2D eigenvalue weighted by atomic mass is 10.0. The monoisotopic (exact) mass is 590 g/mol. The molecule has 7 rings (SSSR count). The molecule has 5 heterocycles. The van der Waals surface area contributed by atoms with Crippen LogP contribution in [0.4, 0.5) is 0 Å². The number of benzene rings is 2. The summed E-state index contributed by atoms with van der Waals surface area (Å²) in [7, 11) is 0. The molecule has 2 aromatic heterocycles. The predicted molar refractivity (Wildman–Crippen MR) is 163 cm³/mol. The van der Waals surface area contributed by atoms with E-state index in [1.54, 1.807) is 4.90 Å². The summed E-state index contributed by atoms with van der Waals surface area (Å²) in [6.45, 7) is 1.78. The highest BCUT2D eigenvalue weighted by Crippen LogP contribution is 2.29. The lowest BCUT2D eigenvalue weighted by Gasteiger charge is -2.32. The molecule has 3 aliphatic rings. The molecule has 0 radical (unpaired) electrons. The fourth-order valence-electron chi connectivity index (χ4n) is 6.64. The summed E-state index contributed by atoms with van der Waals surface area (Å²) in [6, 6.07) is 17.7. The standard InChI is InChI=1S/C34H34N6O4/c41-31-13-12-30(33(43)37-31)39-20-24-9-8-22(18-27(24)34(39)44)4-3-7-32(42)38-16-14-26(15-17-38)40-21-25(19-35-40)29-11-10-23-5-1-2-6-28(23)36-29/h1-2,5-6,8-11,18-19,21,26,30H,3-4,7,12-17,20H2,(H,37,41,43). The molecule has 2 fully saturated rings. The van der Waals surface area contributed by atoms with E-state index in [0.717, 1.165) is 46.1 Å². The van der Waals surface area contributed by atoms with Crippen LogP contribution in [0.3, 0.4) is 0 Å². The Hall–Kier alpha value is -4.86. The van der Waals surface area contributed by atoms with Gasteiger partial charge < -0.3 is 9.80 Å². The number of pyridine rings is 1. The van der Waals surface area contributed by atoms with Crippen molar-refractivity contribution in [1.82, 2.24) is 29.9 Å². The Balaban J connectivity index is 0.891. The minimum Gasteiger partial charge on any atom is -0.343 e. The Morgan fingerprint density at radius 3 is 2.66 bits per heavy atom. The van der Waals surface area contributed by atoms with Crippen molar-refractivity contribution in [3.8, 4) is 11.3 Å². The van der Waals surface area contributed by atoms with Crippen LogP contribution in [-0.4, -0.2) is 67.3 Å². The second kappa shape index (κ2) is 11.7. The van der Waals surface area contributed by atoms with E-state index in [0.29, 0.717) is 50.9 Å². The van der Waals surface area contributed by atoms with E-state index < -0.39 is 11.9 Å². The summed E-state index contributed by atoms with van der Waals surface area (Å²) in [6.07, 6.45) is 8.08. The molecule has 0 spiro atoms. The van der Waals surface area contributed by atoms with E-state index in [1.807, 2.05) is 58.2 Å². The lowest BCUT2D eigenvalue weighted by molar-refractivity contribution is -0.137. The van der Waals surface area contributed by atoms with Crippen LogP contribution in [0.1, 0.15) is 66.1 Å². The van der Waals surface area contributed by atoms with Crippen LogP contribution < -0.4 is 5.32 Å². The molecule has 1 unspecified atom stereocenters. The molecule has 224 valence electrons. The smallest absolute Gasteiger partial charge is 0.255 e. The molecule has 0 saturated carbocycles. The summed E-state index contributed by atoms with van der Waals surface area (Å²) >= 11 is 0. The van der Waals surface area contributed by atoms with E-state index >= 15 is 0 Å². The number of hydrogen-bond donors (Lipinski definition) is 1. The van der Waals surface area contributed by atoms with Crippen molar-refractivity contribution < 1.29 is 19.2 Å². The van der Waals surface area contributed by atoms with Gasteiger partial charge in [-0.2, -0.15) is 5.10 Å². The van der Waals surface area contributed by atoms with Gasteiger partial charge in [0, 0.05) is 55.2 Å². The van der Waals surface area contributed by atoms with Crippen LogP contribution in [0, 0.1) is 0 Å². The van der Waals surface area contributed by atoms with Gasteiger partial charge in [-0.3, -0.25) is 29.2 Å². The normalized spacial score (nSPS) is 19.0. The van der Waals surface area contributed by atoms with Crippen molar-refractivity contribution in [1.29, 1.82) is 0 Å². The number of amides is 4. The maximum Gasteiger partial charge on any atom is 0.255 e. The van der Waals surface area contributed by atoms with Gasteiger partial charge in [0.1, 0.15) is 6.04 Å². The SMILES string of the molecule is O=C1CCC(N2Cc3ccc(CCCC(=O)N4CCC(n5cc(-c6ccc7ccccc7n6)cn5)CC4)cc3C2=O)C(=O)N1. The summed E-state index contributed by atoms with van der Waals surface area (Å²) in [5, 5.41) is 8.08. The summed E-state index contributed by atoms with van der Waals surface area (Å²) in [4.78, 5) is 58.2. The summed E-state index contributed by atoms with van der Waals surface area (Å²) in [5.41, 5.74) is 5.36. The van der Waals surface area contributed by atoms with E-state index in [1.165, 1.54) is 0 Å². The molecule has 10 heteroatoms. The topological polar surface area (TPSA) is 118 Å². The maximum absolute atomic E-state index is 13.1. The zero-order valence-electron chi connectivity index (χ0n) is 24.4. The number of piperidine rings is 2. The van der Waals surface area contributed by atoms with Gasteiger partial charge in [0.2, 0.25) is 17.7 Å². The number of para-hydroxylation sites is 1. The third-order valence-electron chi connectivity index (χ3n) is 9.14. The van der Waals surface area contributed by atoms with Crippen molar-refractivity contribution in [2.24, 2.45) is 0 Å². The Morgan fingerprint density at radius 2 is 1.82 bits per heavy atom. The number of likely N-dealkylation sites (tertiary alicyclic amines) is 1. The molecule has 1 N–H and O–H groups in total. The third-order valence-corrected chi connectivity index (χ3v) is 9.14. The maximum atomic E-state index is 13.1. The third kappa shape index (κ3) is 5.47. The average Bonchev–Trinajstić information content (AvgIpc) is 3.66. The Bertz CT molecular complexity index is 1770. The molecule has 44 heavy (non-hydrogen) atoms. The van der Waals surface area contributed by atoms with Crippen LogP contribution in [0.5, 0.6) is 0 Å². The first kappa shape index (κ1) is 27.9. The summed E-state index contributed by atoms with van der Waals surface area (Å²) in [5.74, 6) is -0.712. The van der Waals surface area contributed by atoms with E-state index in [9.17, 15) is 19.2 Å². The minimum absolute atomic E-state index is 0.159. The molecular weight excluding hydrogens is 556 g/mol. The lowest BCUT2D eigenvalue weighted by Crippen LogP contribution is -2.52. The van der Waals surface area contributed by atoms with Gasteiger partial charge in [0.25, 0.3) is 5.91 Å². The first-order valence-electron chi connectivity index (χ1n) is 15.4. The number of rotatable bonds is 7. The molecule has 10 nitrogen and oxygen atoms in total. The van der Waals surface area contributed by atoms with Gasteiger partial charge in [0.15, 0.2) is 0 Å². The number of hydrogen-bond acceptors (Lipinski definition) is 6. The number of imide groups is 1. The molecule has 0 bridgehead atoms. The van der Waals surface area contributed by atoms with Gasteiger partial charge in [-0.05, 0) is 61.4 Å².